The Balaban J connectivity index is 2.29. The SMILES string of the molecule is CCNc1cncc(Nc2cccc(C)c2C#N)n1. The summed E-state index contributed by atoms with van der Waals surface area (Å²) in [5.74, 6) is 1.32. The molecule has 0 fully saturated rings. The maximum Gasteiger partial charge on any atom is 0.151 e. The Labute approximate surface area is 112 Å². The molecule has 0 bridgehead atoms. The third-order valence-electron chi connectivity index (χ3n) is 2.64. The molecule has 0 saturated carbocycles. The van der Waals surface area contributed by atoms with Crippen molar-refractivity contribution in [2.24, 2.45) is 0 Å². The Morgan fingerprint density at radius 1 is 1.26 bits per heavy atom. The zero-order valence-electron chi connectivity index (χ0n) is 10.9. The van der Waals surface area contributed by atoms with Crippen LogP contribution in [0.2, 0.25) is 0 Å². The van der Waals surface area contributed by atoms with E-state index >= 15 is 0 Å². The van der Waals surface area contributed by atoms with E-state index in [1.165, 1.54) is 0 Å². The lowest BCUT2D eigenvalue weighted by molar-refractivity contribution is 1.12. The molecule has 0 aliphatic rings. The standard InChI is InChI=1S/C14H15N5/c1-3-17-13-8-16-9-14(19-13)18-12-6-4-5-10(2)11(12)7-15/h4-6,8-9H,3H2,1-2H3,(H2,17,18,19). The number of nitriles is 1. The van der Waals surface area contributed by atoms with E-state index in [-0.39, 0.29) is 0 Å². The first-order valence-corrected chi connectivity index (χ1v) is 6.07. The minimum absolute atomic E-state index is 0.612. The predicted octanol–water partition coefficient (Wildman–Crippen LogP) is 2.83. The van der Waals surface area contributed by atoms with Crippen molar-refractivity contribution < 1.29 is 0 Å². The molecule has 0 aliphatic carbocycles. The van der Waals surface area contributed by atoms with E-state index in [9.17, 15) is 5.26 Å². The average Bonchev–Trinajstić information content (AvgIpc) is 2.40. The first kappa shape index (κ1) is 12.8. The van der Waals surface area contributed by atoms with Crippen molar-refractivity contribution in [3.05, 3.63) is 41.7 Å². The fraction of sp³-hybridized carbons (Fsp3) is 0.214. The molecule has 1 aromatic carbocycles. The Kier molecular flexibility index (Phi) is 3.94. The molecule has 2 N–H and O–H groups in total. The highest BCUT2D eigenvalue weighted by atomic mass is 15.1. The summed E-state index contributed by atoms with van der Waals surface area (Å²) in [4.78, 5) is 8.48. The van der Waals surface area contributed by atoms with E-state index in [1.54, 1.807) is 12.4 Å². The lowest BCUT2D eigenvalue weighted by atomic mass is 10.1. The number of nitrogens with zero attached hydrogens (tertiary/aromatic N) is 3. The van der Waals surface area contributed by atoms with Crippen molar-refractivity contribution in [2.45, 2.75) is 13.8 Å². The Hall–Kier alpha value is -2.61. The van der Waals surface area contributed by atoms with Gasteiger partial charge in [-0.3, -0.25) is 4.98 Å². The molecule has 2 rings (SSSR count). The first-order valence-electron chi connectivity index (χ1n) is 6.07. The topological polar surface area (TPSA) is 73.6 Å². The Bertz CT molecular complexity index is 615. The molecule has 96 valence electrons. The quantitative estimate of drug-likeness (QED) is 0.876. The second-order valence-electron chi connectivity index (χ2n) is 4.05. The average molecular weight is 253 g/mol. The second-order valence-corrected chi connectivity index (χ2v) is 4.05. The van der Waals surface area contributed by atoms with Crippen molar-refractivity contribution in [3.63, 3.8) is 0 Å². The monoisotopic (exact) mass is 253 g/mol. The fourth-order valence-corrected chi connectivity index (χ4v) is 1.75. The maximum absolute atomic E-state index is 9.18. The molecule has 0 unspecified atom stereocenters. The normalized spacial score (nSPS) is 9.74. The number of aromatic nitrogens is 2. The third kappa shape index (κ3) is 2.99. The molecule has 2 aromatic rings. The number of hydrogen-bond acceptors (Lipinski definition) is 5. The highest BCUT2D eigenvalue weighted by Gasteiger charge is 2.06. The first-order chi connectivity index (χ1) is 9.24. The van der Waals surface area contributed by atoms with E-state index in [1.807, 2.05) is 32.0 Å². The van der Waals surface area contributed by atoms with E-state index in [0.717, 1.165) is 17.8 Å². The van der Waals surface area contributed by atoms with Gasteiger partial charge in [0.15, 0.2) is 5.82 Å². The molecule has 0 atom stereocenters. The highest BCUT2D eigenvalue weighted by Crippen LogP contribution is 2.22. The number of anilines is 3. The molecule has 19 heavy (non-hydrogen) atoms. The summed E-state index contributed by atoms with van der Waals surface area (Å²) in [6.07, 6.45) is 3.29. The van der Waals surface area contributed by atoms with Gasteiger partial charge in [0.05, 0.1) is 23.6 Å². The van der Waals surface area contributed by atoms with Crippen LogP contribution in [0.25, 0.3) is 0 Å². The number of aryl methyl sites for hydroxylation is 1. The smallest absolute Gasteiger partial charge is 0.151 e. The summed E-state index contributed by atoms with van der Waals surface area (Å²) in [5, 5.41) is 15.4. The summed E-state index contributed by atoms with van der Waals surface area (Å²) >= 11 is 0. The van der Waals surface area contributed by atoms with Crippen LogP contribution in [-0.4, -0.2) is 16.5 Å². The number of benzene rings is 1. The van der Waals surface area contributed by atoms with Gasteiger partial charge in [-0.1, -0.05) is 12.1 Å². The lowest BCUT2D eigenvalue weighted by Crippen LogP contribution is -2.03. The highest BCUT2D eigenvalue weighted by molar-refractivity contribution is 5.66. The molecule has 0 aliphatic heterocycles. The summed E-state index contributed by atoms with van der Waals surface area (Å²) in [7, 11) is 0. The molecule has 0 amide bonds. The summed E-state index contributed by atoms with van der Waals surface area (Å²) in [5.41, 5.74) is 2.30. The van der Waals surface area contributed by atoms with E-state index in [0.29, 0.717) is 17.2 Å². The summed E-state index contributed by atoms with van der Waals surface area (Å²) in [6.45, 7) is 4.69. The van der Waals surface area contributed by atoms with Crippen molar-refractivity contribution in [2.75, 3.05) is 17.2 Å². The number of rotatable bonds is 4. The predicted molar refractivity (Wildman–Crippen MR) is 75.4 cm³/mol. The molecule has 5 nitrogen and oxygen atoms in total. The minimum atomic E-state index is 0.612. The maximum atomic E-state index is 9.18. The van der Waals surface area contributed by atoms with E-state index in [2.05, 4.69) is 26.7 Å². The van der Waals surface area contributed by atoms with Gasteiger partial charge >= 0.3 is 0 Å². The summed E-state index contributed by atoms with van der Waals surface area (Å²) < 4.78 is 0. The van der Waals surface area contributed by atoms with Gasteiger partial charge < -0.3 is 10.6 Å². The van der Waals surface area contributed by atoms with Gasteiger partial charge in [-0.2, -0.15) is 5.26 Å². The zero-order valence-corrected chi connectivity index (χ0v) is 10.9. The van der Waals surface area contributed by atoms with E-state index in [4.69, 9.17) is 0 Å². The molecule has 1 heterocycles. The molecular formula is C14H15N5. The zero-order chi connectivity index (χ0) is 13.7. The van der Waals surface area contributed by atoms with Crippen LogP contribution in [0.1, 0.15) is 18.1 Å². The molecular weight excluding hydrogens is 238 g/mol. The number of nitrogens with one attached hydrogen (secondary N) is 2. The van der Waals surface area contributed by atoms with Crippen molar-refractivity contribution >= 4 is 17.3 Å². The van der Waals surface area contributed by atoms with Gasteiger partial charge in [0, 0.05) is 6.54 Å². The molecule has 0 saturated heterocycles. The van der Waals surface area contributed by atoms with Crippen LogP contribution in [0.5, 0.6) is 0 Å². The van der Waals surface area contributed by atoms with Gasteiger partial charge in [-0.05, 0) is 25.5 Å². The van der Waals surface area contributed by atoms with Crippen LogP contribution in [0.4, 0.5) is 17.3 Å². The fourth-order valence-electron chi connectivity index (χ4n) is 1.75. The van der Waals surface area contributed by atoms with Gasteiger partial charge in [0.1, 0.15) is 11.9 Å². The van der Waals surface area contributed by atoms with Crippen molar-refractivity contribution in [1.29, 1.82) is 5.26 Å². The lowest BCUT2D eigenvalue weighted by Gasteiger charge is -2.10. The van der Waals surface area contributed by atoms with E-state index < -0.39 is 0 Å². The van der Waals surface area contributed by atoms with Crippen LogP contribution < -0.4 is 10.6 Å². The van der Waals surface area contributed by atoms with Gasteiger partial charge in [0.2, 0.25) is 0 Å². The second kappa shape index (κ2) is 5.83. The van der Waals surface area contributed by atoms with Gasteiger partial charge in [-0.25, -0.2) is 4.98 Å². The van der Waals surface area contributed by atoms with Crippen LogP contribution in [0, 0.1) is 18.3 Å². The van der Waals surface area contributed by atoms with Crippen molar-refractivity contribution in [3.8, 4) is 6.07 Å². The molecule has 0 spiro atoms. The molecule has 5 heteroatoms. The molecule has 1 aromatic heterocycles. The largest absolute Gasteiger partial charge is 0.369 e. The minimum Gasteiger partial charge on any atom is -0.369 e. The van der Waals surface area contributed by atoms with Crippen LogP contribution in [-0.2, 0) is 0 Å². The number of hydrogen-bond donors (Lipinski definition) is 2. The van der Waals surface area contributed by atoms with Gasteiger partial charge in [-0.15, -0.1) is 0 Å². The van der Waals surface area contributed by atoms with Crippen molar-refractivity contribution in [1.82, 2.24) is 9.97 Å². The van der Waals surface area contributed by atoms with Crippen LogP contribution in [0.15, 0.2) is 30.6 Å². The Morgan fingerprint density at radius 2 is 2.05 bits per heavy atom. The van der Waals surface area contributed by atoms with Crippen LogP contribution in [0.3, 0.4) is 0 Å². The summed E-state index contributed by atoms with van der Waals surface area (Å²) in [6, 6.07) is 7.86. The molecule has 0 radical (unpaired) electrons. The van der Waals surface area contributed by atoms with Crippen LogP contribution >= 0.6 is 0 Å². The third-order valence-corrected chi connectivity index (χ3v) is 2.64. The Morgan fingerprint density at radius 3 is 2.79 bits per heavy atom. The van der Waals surface area contributed by atoms with Gasteiger partial charge in [0.25, 0.3) is 0 Å².